The number of nitrogens with zero attached hydrogens (tertiary/aromatic N) is 2. The Labute approximate surface area is 156 Å². The first kappa shape index (κ1) is 19.2. The van der Waals surface area contributed by atoms with E-state index >= 15 is 0 Å². The fraction of sp³-hybridized carbons (Fsp3) is 0.684. The molecule has 1 aromatic rings. The third-order valence-electron chi connectivity index (χ3n) is 5.17. The molecule has 1 saturated heterocycles. The first-order valence-corrected chi connectivity index (χ1v) is 9.26. The third kappa shape index (κ3) is 3.60. The van der Waals surface area contributed by atoms with Gasteiger partial charge in [0.1, 0.15) is 11.4 Å². The highest BCUT2D eigenvalue weighted by Crippen LogP contribution is 2.36. The monoisotopic (exact) mass is 360 g/mol. The van der Waals surface area contributed by atoms with Crippen LogP contribution < -0.4 is 10.5 Å². The number of pyridine rings is 1. The second-order valence-electron chi connectivity index (χ2n) is 9.04. The number of aryl methyl sites for hydroxylation is 1. The zero-order valence-corrected chi connectivity index (χ0v) is 16.9. The molecule has 0 N–H and O–H groups in total. The molecular formula is C19H29BN2O4. The molecule has 1 fully saturated rings. The zero-order chi connectivity index (χ0) is 19.3. The molecule has 2 aliphatic heterocycles. The van der Waals surface area contributed by atoms with Crippen molar-refractivity contribution in [3.05, 3.63) is 17.7 Å². The summed E-state index contributed by atoms with van der Waals surface area (Å²) in [6.45, 7) is 14.2. The topological polar surface area (TPSA) is 60.9 Å². The van der Waals surface area contributed by atoms with E-state index < -0.39 is 23.9 Å². The predicted octanol–water partition coefficient (Wildman–Crippen LogP) is 3.07. The molecule has 0 atom stereocenters. The number of hydrogen-bond acceptors (Lipinski definition) is 5. The van der Waals surface area contributed by atoms with Crippen molar-refractivity contribution in [3.63, 3.8) is 0 Å². The van der Waals surface area contributed by atoms with Gasteiger partial charge < -0.3 is 14.0 Å². The molecule has 2 aliphatic rings. The second-order valence-corrected chi connectivity index (χ2v) is 9.04. The molecule has 1 aromatic heterocycles. The Hall–Kier alpha value is -1.60. The van der Waals surface area contributed by atoms with Crippen LogP contribution in [0.1, 0.15) is 60.5 Å². The van der Waals surface area contributed by atoms with Gasteiger partial charge in [-0.15, -0.1) is 0 Å². The van der Waals surface area contributed by atoms with E-state index in [0.717, 1.165) is 18.4 Å². The van der Waals surface area contributed by atoms with Crippen LogP contribution in [-0.4, -0.2) is 41.5 Å². The van der Waals surface area contributed by atoms with Crippen LogP contribution in [0.15, 0.2) is 12.1 Å². The maximum absolute atomic E-state index is 12.6. The molecule has 0 bridgehead atoms. The Morgan fingerprint density at radius 2 is 1.81 bits per heavy atom. The molecule has 0 unspecified atom stereocenters. The van der Waals surface area contributed by atoms with Crippen LogP contribution >= 0.6 is 0 Å². The van der Waals surface area contributed by atoms with Crippen LogP contribution in [0.4, 0.5) is 10.6 Å². The van der Waals surface area contributed by atoms with E-state index in [9.17, 15) is 4.79 Å². The van der Waals surface area contributed by atoms with Crippen LogP contribution in [-0.2, 0) is 20.5 Å². The van der Waals surface area contributed by atoms with Crippen molar-refractivity contribution in [2.45, 2.75) is 78.1 Å². The lowest BCUT2D eigenvalue weighted by molar-refractivity contribution is 0.00578. The van der Waals surface area contributed by atoms with Crippen molar-refractivity contribution < 1.29 is 18.8 Å². The minimum absolute atomic E-state index is 0.364. The summed E-state index contributed by atoms with van der Waals surface area (Å²) in [5.41, 5.74) is 0.318. The normalized spacial score (nSPS) is 21.5. The molecule has 0 radical (unpaired) electrons. The Morgan fingerprint density at radius 3 is 2.38 bits per heavy atom. The standard InChI is InChI=1S/C19H29BN2O4/c1-17(2,3)24-16(23)22-12-8-9-13-10-11-14(21-15(13)22)20-25-18(4,5)19(6,7)26-20/h10-11H,8-9,12H2,1-7H3. The maximum atomic E-state index is 12.6. The molecule has 0 saturated carbocycles. The van der Waals surface area contributed by atoms with Crippen LogP contribution in [0.25, 0.3) is 0 Å². The number of rotatable bonds is 1. The van der Waals surface area contributed by atoms with Gasteiger partial charge in [0.15, 0.2) is 0 Å². The first-order valence-electron chi connectivity index (χ1n) is 9.26. The third-order valence-corrected chi connectivity index (χ3v) is 5.17. The lowest BCUT2D eigenvalue weighted by Crippen LogP contribution is -2.43. The number of aromatic nitrogens is 1. The molecule has 26 heavy (non-hydrogen) atoms. The smallest absolute Gasteiger partial charge is 0.443 e. The molecule has 3 heterocycles. The van der Waals surface area contributed by atoms with Gasteiger partial charge in [-0.1, -0.05) is 6.07 Å². The average Bonchev–Trinajstić information content (AvgIpc) is 2.72. The summed E-state index contributed by atoms with van der Waals surface area (Å²) in [5, 5.41) is 0. The Morgan fingerprint density at radius 1 is 1.19 bits per heavy atom. The molecule has 7 heteroatoms. The summed E-state index contributed by atoms with van der Waals surface area (Å²) in [5.74, 6) is 0.651. The summed E-state index contributed by atoms with van der Waals surface area (Å²) < 4.78 is 17.7. The molecule has 3 rings (SSSR count). The zero-order valence-electron chi connectivity index (χ0n) is 16.9. The van der Waals surface area contributed by atoms with Gasteiger partial charge in [0.2, 0.25) is 0 Å². The lowest BCUT2D eigenvalue weighted by atomic mass is 9.83. The van der Waals surface area contributed by atoms with E-state index in [1.165, 1.54) is 0 Å². The van der Waals surface area contributed by atoms with E-state index in [4.69, 9.17) is 19.0 Å². The lowest BCUT2D eigenvalue weighted by Gasteiger charge is -2.32. The molecule has 6 nitrogen and oxygen atoms in total. The molecule has 1 amide bonds. The highest BCUT2D eigenvalue weighted by molar-refractivity contribution is 6.61. The fourth-order valence-corrected chi connectivity index (χ4v) is 3.04. The van der Waals surface area contributed by atoms with E-state index in [0.29, 0.717) is 18.0 Å². The van der Waals surface area contributed by atoms with Crippen LogP contribution in [0.3, 0.4) is 0 Å². The van der Waals surface area contributed by atoms with Gasteiger partial charge >= 0.3 is 13.2 Å². The van der Waals surface area contributed by atoms with E-state index in [-0.39, 0.29) is 6.09 Å². The number of amides is 1. The quantitative estimate of drug-likeness (QED) is 0.721. The number of fused-ring (bicyclic) bond motifs is 1. The van der Waals surface area contributed by atoms with Crippen molar-refractivity contribution in [3.8, 4) is 0 Å². The van der Waals surface area contributed by atoms with E-state index in [1.54, 1.807) is 4.90 Å². The summed E-state index contributed by atoms with van der Waals surface area (Å²) in [4.78, 5) is 19.0. The minimum atomic E-state index is -0.548. The van der Waals surface area contributed by atoms with Gasteiger partial charge in [0.05, 0.1) is 16.8 Å². The van der Waals surface area contributed by atoms with Crippen LogP contribution in [0.2, 0.25) is 0 Å². The number of carbonyl (C=O) groups is 1. The Balaban J connectivity index is 1.89. The summed E-state index contributed by atoms with van der Waals surface area (Å²) in [6, 6.07) is 3.94. The SMILES string of the molecule is CC(C)(C)OC(=O)N1CCCc2ccc(B3OC(C)(C)C(C)(C)O3)nc21. The number of ether oxygens (including phenoxy) is 1. The number of carbonyl (C=O) groups excluding carboxylic acids is 1. The van der Waals surface area contributed by atoms with Crippen molar-refractivity contribution in [1.82, 2.24) is 4.98 Å². The molecule has 142 valence electrons. The minimum Gasteiger partial charge on any atom is -0.443 e. The maximum Gasteiger partial charge on any atom is 0.514 e. The van der Waals surface area contributed by atoms with Crippen molar-refractivity contribution >= 4 is 24.6 Å². The molecule has 0 aromatic carbocycles. The van der Waals surface area contributed by atoms with Gasteiger partial charge in [-0.3, -0.25) is 4.90 Å². The van der Waals surface area contributed by atoms with Gasteiger partial charge in [0.25, 0.3) is 0 Å². The van der Waals surface area contributed by atoms with E-state index in [2.05, 4.69) is 0 Å². The van der Waals surface area contributed by atoms with Crippen molar-refractivity contribution in [2.24, 2.45) is 0 Å². The van der Waals surface area contributed by atoms with Crippen molar-refractivity contribution in [2.75, 3.05) is 11.4 Å². The van der Waals surface area contributed by atoms with E-state index in [1.807, 2.05) is 60.6 Å². The molecule has 0 spiro atoms. The first-order chi connectivity index (χ1) is 11.9. The van der Waals surface area contributed by atoms with Gasteiger partial charge in [-0.2, -0.15) is 0 Å². The predicted molar refractivity (Wildman–Crippen MR) is 102 cm³/mol. The van der Waals surface area contributed by atoms with Crippen molar-refractivity contribution in [1.29, 1.82) is 0 Å². The average molecular weight is 360 g/mol. The number of anilines is 1. The van der Waals surface area contributed by atoms with Crippen LogP contribution in [0, 0.1) is 0 Å². The van der Waals surface area contributed by atoms with Gasteiger partial charge in [-0.25, -0.2) is 9.78 Å². The fourth-order valence-electron chi connectivity index (χ4n) is 3.04. The Bertz CT molecular complexity index is 696. The van der Waals surface area contributed by atoms with Gasteiger partial charge in [0, 0.05) is 6.54 Å². The molecule has 0 aliphatic carbocycles. The van der Waals surface area contributed by atoms with Crippen LogP contribution in [0.5, 0.6) is 0 Å². The highest BCUT2D eigenvalue weighted by Gasteiger charge is 2.52. The largest absolute Gasteiger partial charge is 0.514 e. The molecular weight excluding hydrogens is 331 g/mol. The van der Waals surface area contributed by atoms with Gasteiger partial charge in [-0.05, 0) is 72.9 Å². The second kappa shape index (κ2) is 6.24. The summed E-state index contributed by atoms with van der Waals surface area (Å²) in [7, 11) is -0.548. The number of hydrogen-bond donors (Lipinski definition) is 0. The summed E-state index contributed by atoms with van der Waals surface area (Å²) >= 11 is 0. The summed E-state index contributed by atoms with van der Waals surface area (Å²) in [6.07, 6.45) is 1.42. The highest BCUT2D eigenvalue weighted by atomic mass is 16.7. The Kier molecular flexibility index (Phi) is 4.60.